The minimum absolute atomic E-state index is 0.0455. The summed E-state index contributed by atoms with van der Waals surface area (Å²) >= 11 is 1.29. The lowest BCUT2D eigenvalue weighted by Gasteiger charge is -2.09. The first-order valence-corrected chi connectivity index (χ1v) is 12.0. The molecule has 3 aromatic heterocycles. The Bertz CT molecular complexity index is 1650. The van der Waals surface area contributed by atoms with Gasteiger partial charge >= 0.3 is 0 Å². The third kappa shape index (κ3) is 4.27. The number of fused-ring (bicyclic) bond motifs is 1. The molecule has 0 bridgehead atoms. The standard InChI is InChI=1S/C26H22FN5O3S/c1-15-12-20(30-32(15)21-6-4-5-7-22(21)35-3)24-16(2)28-26-31(25(24)34)19(14-36-26)13-23(33)29-18-10-8-17(27)9-11-18/h4-12,14H,13H2,1-3H3,(H,29,33). The number of rotatable bonds is 6. The molecule has 0 aliphatic carbocycles. The van der Waals surface area contributed by atoms with Crippen LogP contribution in [0.15, 0.2) is 64.8 Å². The lowest BCUT2D eigenvalue weighted by molar-refractivity contribution is -0.115. The van der Waals surface area contributed by atoms with Crippen molar-refractivity contribution in [2.75, 3.05) is 12.4 Å². The van der Waals surface area contributed by atoms with E-state index in [-0.39, 0.29) is 23.7 Å². The Balaban J connectivity index is 1.53. The van der Waals surface area contributed by atoms with E-state index >= 15 is 0 Å². The van der Waals surface area contributed by atoms with Crippen LogP contribution in [0.5, 0.6) is 5.75 Å². The molecule has 182 valence electrons. The zero-order valence-electron chi connectivity index (χ0n) is 19.8. The third-order valence-electron chi connectivity index (χ3n) is 5.75. The van der Waals surface area contributed by atoms with Crippen molar-refractivity contribution in [3.63, 3.8) is 0 Å². The number of hydrogen-bond acceptors (Lipinski definition) is 6. The summed E-state index contributed by atoms with van der Waals surface area (Å²) in [5, 5.41) is 9.17. The van der Waals surface area contributed by atoms with Crippen molar-refractivity contribution in [2.24, 2.45) is 0 Å². The van der Waals surface area contributed by atoms with E-state index in [2.05, 4.69) is 10.3 Å². The van der Waals surface area contributed by atoms with Crippen molar-refractivity contribution >= 4 is 27.9 Å². The molecule has 8 nitrogen and oxygen atoms in total. The number of methoxy groups -OCH3 is 1. The average Bonchev–Trinajstić information content (AvgIpc) is 3.43. The smallest absolute Gasteiger partial charge is 0.268 e. The maximum atomic E-state index is 13.7. The second-order valence-corrected chi connectivity index (χ2v) is 9.05. The summed E-state index contributed by atoms with van der Waals surface area (Å²) in [5.74, 6) is -0.0584. The summed E-state index contributed by atoms with van der Waals surface area (Å²) in [6.45, 7) is 3.67. The Morgan fingerprint density at radius 3 is 2.64 bits per heavy atom. The number of aryl methyl sites for hydroxylation is 2. The van der Waals surface area contributed by atoms with Crippen LogP contribution in [0.25, 0.3) is 21.9 Å². The van der Waals surface area contributed by atoms with Gasteiger partial charge in [-0.05, 0) is 56.3 Å². The highest BCUT2D eigenvalue weighted by Crippen LogP contribution is 2.27. The number of amides is 1. The van der Waals surface area contributed by atoms with Gasteiger partial charge in [0.1, 0.15) is 22.9 Å². The molecule has 3 heterocycles. The molecule has 0 unspecified atom stereocenters. The quantitative estimate of drug-likeness (QED) is 0.367. The number of anilines is 1. The van der Waals surface area contributed by atoms with Crippen LogP contribution >= 0.6 is 11.3 Å². The highest BCUT2D eigenvalue weighted by atomic mass is 32.1. The zero-order chi connectivity index (χ0) is 25.4. The van der Waals surface area contributed by atoms with Crippen LogP contribution in [-0.4, -0.2) is 32.2 Å². The van der Waals surface area contributed by atoms with E-state index in [0.29, 0.717) is 39.0 Å². The van der Waals surface area contributed by atoms with Crippen molar-refractivity contribution in [3.8, 4) is 22.7 Å². The Morgan fingerprint density at radius 2 is 1.89 bits per heavy atom. The van der Waals surface area contributed by atoms with Crippen LogP contribution in [-0.2, 0) is 11.2 Å². The molecule has 0 fully saturated rings. The molecule has 1 amide bonds. The zero-order valence-corrected chi connectivity index (χ0v) is 20.6. The molecule has 2 aromatic carbocycles. The summed E-state index contributed by atoms with van der Waals surface area (Å²) in [6, 6.07) is 14.8. The molecule has 0 aliphatic heterocycles. The number of thiazole rings is 1. The minimum Gasteiger partial charge on any atom is -0.494 e. The van der Waals surface area contributed by atoms with Gasteiger partial charge in [-0.1, -0.05) is 12.1 Å². The Kier molecular flexibility index (Phi) is 6.11. The molecular weight excluding hydrogens is 481 g/mol. The second-order valence-electron chi connectivity index (χ2n) is 8.21. The first kappa shape index (κ1) is 23.4. The molecule has 0 spiro atoms. The lowest BCUT2D eigenvalue weighted by atomic mass is 10.1. The highest BCUT2D eigenvalue weighted by molar-refractivity contribution is 7.15. The molecule has 36 heavy (non-hydrogen) atoms. The number of para-hydroxylation sites is 2. The fourth-order valence-corrected chi connectivity index (χ4v) is 5.00. The van der Waals surface area contributed by atoms with Crippen LogP contribution in [0.2, 0.25) is 0 Å². The van der Waals surface area contributed by atoms with E-state index < -0.39 is 0 Å². The van der Waals surface area contributed by atoms with Crippen molar-refractivity contribution in [2.45, 2.75) is 20.3 Å². The Morgan fingerprint density at radius 1 is 1.14 bits per heavy atom. The van der Waals surface area contributed by atoms with E-state index in [0.717, 1.165) is 11.4 Å². The number of nitrogens with zero attached hydrogens (tertiary/aromatic N) is 4. The van der Waals surface area contributed by atoms with Crippen molar-refractivity contribution in [1.82, 2.24) is 19.2 Å². The number of carbonyl (C=O) groups is 1. The van der Waals surface area contributed by atoms with Gasteiger partial charge < -0.3 is 10.1 Å². The average molecular weight is 504 g/mol. The van der Waals surface area contributed by atoms with Gasteiger partial charge in [-0.3, -0.25) is 14.0 Å². The predicted molar refractivity (Wildman–Crippen MR) is 137 cm³/mol. The lowest BCUT2D eigenvalue weighted by Crippen LogP contribution is -2.22. The summed E-state index contributed by atoms with van der Waals surface area (Å²) in [6.07, 6.45) is -0.0455. The van der Waals surface area contributed by atoms with Crippen molar-refractivity contribution in [3.05, 3.63) is 93.2 Å². The molecule has 10 heteroatoms. The van der Waals surface area contributed by atoms with Crippen molar-refractivity contribution in [1.29, 1.82) is 0 Å². The minimum atomic E-state index is -0.388. The third-order valence-corrected chi connectivity index (χ3v) is 6.62. The van der Waals surface area contributed by atoms with Crippen LogP contribution in [0.1, 0.15) is 17.1 Å². The van der Waals surface area contributed by atoms with E-state index in [1.165, 1.54) is 40.0 Å². The van der Waals surface area contributed by atoms with Crippen molar-refractivity contribution < 1.29 is 13.9 Å². The van der Waals surface area contributed by atoms with Gasteiger partial charge in [-0.25, -0.2) is 14.1 Å². The molecule has 5 rings (SSSR count). The number of ether oxygens (including phenoxy) is 1. The summed E-state index contributed by atoms with van der Waals surface area (Å²) < 4.78 is 21.8. The molecule has 0 atom stereocenters. The topological polar surface area (TPSA) is 90.5 Å². The first-order chi connectivity index (χ1) is 17.4. The Labute approximate surface area is 209 Å². The second kappa shape index (κ2) is 9.38. The van der Waals surface area contributed by atoms with Gasteiger partial charge in [-0.2, -0.15) is 5.10 Å². The van der Waals surface area contributed by atoms with E-state index in [1.54, 1.807) is 24.1 Å². The molecule has 1 N–H and O–H groups in total. The predicted octanol–water partition coefficient (Wildman–Crippen LogP) is 4.55. The number of hydrogen-bond donors (Lipinski definition) is 1. The summed E-state index contributed by atoms with van der Waals surface area (Å²) in [4.78, 5) is 31.4. The summed E-state index contributed by atoms with van der Waals surface area (Å²) in [7, 11) is 1.59. The van der Waals surface area contributed by atoms with E-state index in [4.69, 9.17) is 9.84 Å². The highest BCUT2D eigenvalue weighted by Gasteiger charge is 2.21. The maximum absolute atomic E-state index is 13.7. The Hall–Kier alpha value is -4.31. The normalized spacial score (nSPS) is 11.1. The van der Waals surface area contributed by atoms with Gasteiger partial charge in [0.05, 0.1) is 24.8 Å². The molecule has 0 radical (unpaired) electrons. The molecule has 0 aliphatic rings. The number of benzene rings is 2. The van der Waals surface area contributed by atoms with Gasteiger partial charge in [-0.15, -0.1) is 11.3 Å². The number of halogens is 1. The number of carbonyl (C=O) groups excluding carboxylic acids is 1. The van der Waals surface area contributed by atoms with Gasteiger partial charge in [0, 0.05) is 22.5 Å². The summed E-state index contributed by atoms with van der Waals surface area (Å²) in [5.41, 5.74) is 3.65. The van der Waals surface area contributed by atoms with Gasteiger partial charge in [0.25, 0.3) is 5.56 Å². The van der Waals surface area contributed by atoms with E-state index in [1.807, 2.05) is 37.3 Å². The molecule has 0 saturated carbocycles. The molecule has 0 saturated heterocycles. The van der Waals surface area contributed by atoms with E-state index in [9.17, 15) is 14.0 Å². The number of nitrogens with one attached hydrogen (secondary N) is 1. The largest absolute Gasteiger partial charge is 0.494 e. The van der Waals surface area contributed by atoms with Crippen LogP contribution in [0.4, 0.5) is 10.1 Å². The fourth-order valence-electron chi connectivity index (χ4n) is 4.07. The molecular formula is C26H22FN5O3S. The van der Waals surface area contributed by atoms with Gasteiger partial charge in [0.15, 0.2) is 4.96 Å². The fraction of sp³-hybridized carbons (Fsp3) is 0.154. The van der Waals surface area contributed by atoms with Crippen LogP contribution in [0, 0.1) is 19.7 Å². The monoisotopic (exact) mass is 503 g/mol. The maximum Gasteiger partial charge on any atom is 0.268 e. The van der Waals surface area contributed by atoms with Gasteiger partial charge in [0.2, 0.25) is 5.91 Å². The van der Waals surface area contributed by atoms with Crippen LogP contribution in [0.3, 0.4) is 0 Å². The SMILES string of the molecule is COc1ccccc1-n1nc(-c2c(C)nc3scc(CC(=O)Nc4ccc(F)cc4)n3c2=O)cc1C. The number of aromatic nitrogens is 4. The molecule has 5 aromatic rings. The van der Waals surface area contributed by atoms with Crippen LogP contribution < -0.4 is 15.6 Å². The first-order valence-electron chi connectivity index (χ1n) is 11.1.